The van der Waals surface area contributed by atoms with Gasteiger partial charge in [0.1, 0.15) is 0 Å². The molecule has 1 aliphatic carbocycles. The van der Waals surface area contributed by atoms with Gasteiger partial charge in [-0.15, -0.1) is 0 Å². The predicted molar refractivity (Wildman–Crippen MR) is 70.2 cm³/mol. The first-order chi connectivity index (χ1) is 9.20. The molecule has 0 aromatic carbocycles. The average Bonchev–Trinajstić information content (AvgIpc) is 2.88. The fourth-order valence-electron chi connectivity index (χ4n) is 3.53. The van der Waals surface area contributed by atoms with Gasteiger partial charge < -0.3 is 4.90 Å². The van der Waals surface area contributed by atoms with Crippen molar-refractivity contribution in [2.24, 2.45) is 5.41 Å². The third kappa shape index (κ3) is 2.36. The lowest BCUT2D eigenvalue weighted by Crippen LogP contribution is -2.42. The van der Waals surface area contributed by atoms with Gasteiger partial charge in [-0.1, -0.05) is 12.8 Å². The molecule has 3 rings (SSSR count). The Balaban J connectivity index is 1.68. The van der Waals surface area contributed by atoms with Crippen molar-refractivity contribution < 1.29 is 9.18 Å². The Labute approximate surface area is 112 Å². The number of carbonyl (C=O) groups is 1. The number of rotatable bonds is 1. The molecule has 1 saturated carbocycles. The maximum absolute atomic E-state index is 13.5. The summed E-state index contributed by atoms with van der Waals surface area (Å²) in [7, 11) is 0. The van der Waals surface area contributed by atoms with Crippen LogP contribution in [0.2, 0.25) is 0 Å². The van der Waals surface area contributed by atoms with Crippen molar-refractivity contribution >= 4 is 5.91 Å². The van der Waals surface area contributed by atoms with Crippen LogP contribution in [0.1, 0.15) is 48.9 Å². The lowest BCUT2D eigenvalue weighted by molar-refractivity contribution is 0.0582. The van der Waals surface area contributed by atoms with Crippen molar-refractivity contribution in [2.45, 2.75) is 38.5 Å². The summed E-state index contributed by atoms with van der Waals surface area (Å²) in [5.41, 5.74) is 0.578. The van der Waals surface area contributed by atoms with Crippen molar-refractivity contribution in [1.29, 1.82) is 0 Å². The number of hydrogen-bond donors (Lipinski definition) is 0. The number of hydrogen-bond acceptors (Lipinski definition) is 2. The minimum atomic E-state index is -0.659. The molecular weight excluding hydrogens is 243 g/mol. The van der Waals surface area contributed by atoms with Gasteiger partial charge in [0.15, 0.2) is 0 Å². The molecule has 0 atom stereocenters. The zero-order valence-corrected chi connectivity index (χ0v) is 11.1. The van der Waals surface area contributed by atoms with Crippen molar-refractivity contribution in [3.63, 3.8) is 0 Å². The second kappa shape index (κ2) is 4.91. The first kappa shape index (κ1) is 12.6. The number of amides is 1. The van der Waals surface area contributed by atoms with E-state index in [0.717, 1.165) is 25.9 Å². The van der Waals surface area contributed by atoms with E-state index in [9.17, 15) is 9.18 Å². The highest BCUT2D eigenvalue weighted by Gasteiger charge is 2.38. The van der Waals surface area contributed by atoms with Crippen molar-refractivity contribution in [3.8, 4) is 0 Å². The Morgan fingerprint density at radius 2 is 1.89 bits per heavy atom. The fourth-order valence-corrected chi connectivity index (χ4v) is 3.53. The Hall–Kier alpha value is -1.45. The van der Waals surface area contributed by atoms with E-state index in [0.29, 0.717) is 5.41 Å². The van der Waals surface area contributed by atoms with E-state index >= 15 is 0 Å². The summed E-state index contributed by atoms with van der Waals surface area (Å²) in [6, 6.07) is 3.13. The maximum Gasteiger partial charge on any atom is 0.258 e. The van der Waals surface area contributed by atoms with Gasteiger partial charge in [-0.05, 0) is 43.2 Å². The summed E-state index contributed by atoms with van der Waals surface area (Å²) in [4.78, 5) is 17.6. The van der Waals surface area contributed by atoms with Gasteiger partial charge in [-0.3, -0.25) is 4.79 Å². The summed E-state index contributed by atoms with van der Waals surface area (Å²) >= 11 is 0. The highest BCUT2D eigenvalue weighted by atomic mass is 19.1. The smallest absolute Gasteiger partial charge is 0.258 e. The quantitative estimate of drug-likeness (QED) is 0.729. The van der Waals surface area contributed by atoms with E-state index < -0.39 is 5.95 Å². The fraction of sp³-hybridized carbons (Fsp3) is 0.600. The van der Waals surface area contributed by atoms with Gasteiger partial charge in [0.2, 0.25) is 5.95 Å². The van der Waals surface area contributed by atoms with E-state index in [1.54, 1.807) is 11.0 Å². The molecule has 1 aromatic rings. The van der Waals surface area contributed by atoms with E-state index in [-0.39, 0.29) is 11.5 Å². The van der Waals surface area contributed by atoms with E-state index in [1.807, 2.05) is 0 Å². The second-order valence-electron chi connectivity index (χ2n) is 5.84. The Bertz CT molecular complexity index is 473. The third-order valence-corrected chi connectivity index (χ3v) is 4.77. The topological polar surface area (TPSA) is 33.2 Å². The summed E-state index contributed by atoms with van der Waals surface area (Å²) in [6.07, 6.45) is 8.76. The molecule has 2 fully saturated rings. The van der Waals surface area contributed by atoms with Crippen LogP contribution in [0, 0.1) is 11.4 Å². The highest BCUT2D eigenvalue weighted by Crippen LogP contribution is 2.46. The van der Waals surface area contributed by atoms with Crippen molar-refractivity contribution in [3.05, 3.63) is 29.8 Å². The third-order valence-electron chi connectivity index (χ3n) is 4.77. The number of likely N-dealkylation sites (tertiary alicyclic amines) is 1. The normalized spacial score (nSPS) is 21.8. The van der Waals surface area contributed by atoms with Crippen molar-refractivity contribution in [1.82, 2.24) is 9.88 Å². The number of halogens is 1. The highest BCUT2D eigenvalue weighted by molar-refractivity contribution is 5.94. The lowest BCUT2D eigenvalue weighted by atomic mass is 9.77. The second-order valence-corrected chi connectivity index (χ2v) is 5.84. The van der Waals surface area contributed by atoms with Gasteiger partial charge >= 0.3 is 0 Å². The molecule has 0 N–H and O–H groups in total. The van der Waals surface area contributed by atoms with E-state index in [2.05, 4.69) is 4.98 Å². The molecule has 2 heterocycles. The summed E-state index contributed by atoms with van der Waals surface area (Å²) in [6.45, 7) is 1.51. The molecule has 1 spiro atoms. The van der Waals surface area contributed by atoms with E-state index in [1.165, 1.54) is 37.9 Å². The SMILES string of the molecule is O=C(c1cccnc1F)N1CCC2(CCCC2)CC1. The molecule has 2 aliphatic rings. The lowest BCUT2D eigenvalue weighted by Gasteiger charge is -2.39. The molecule has 3 nitrogen and oxygen atoms in total. The maximum atomic E-state index is 13.5. The monoisotopic (exact) mass is 262 g/mol. The molecule has 1 saturated heterocycles. The first-order valence-corrected chi connectivity index (χ1v) is 7.10. The average molecular weight is 262 g/mol. The molecule has 1 aliphatic heterocycles. The van der Waals surface area contributed by atoms with E-state index in [4.69, 9.17) is 0 Å². The number of aromatic nitrogens is 1. The zero-order chi connectivity index (χ0) is 13.3. The van der Waals surface area contributed by atoms with Gasteiger partial charge in [0, 0.05) is 19.3 Å². The van der Waals surface area contributed by atoms with Gasteiger partial charge in [-0.25, -0.2) is 4.98 Å². The molecule has 1 amide bonds. The Kier molecular flexibility index (Phi) is 3.25. The number of piperidine rings is 1. The van der Waals surface area contributed by atoms with Gasteiger partial charge in [0.05, 0.1) is 5.56 Å². The van der Waals surface area contributed by atoms with Crippen LogP contribution in [0.4, 0.5) is 4.39 Å². The molecule has 4 heteroatoms. The first-order valence-electron chi connectivity index (χ1n) is 7.10. The standard InChI is InChI=1S/C15H19FN2O/c16-13-12(4-3-9-17-13)14(19)18-10-7-15(8-11-18)5-1-2-6-15/h3-4,9H,1-2,5-8,10-11H2. The van der Waals surface area contributed by atoms with Crippen LogP contribution in [0.3, 0.4) is 0 Å². The zero-order valence-electron chi connectivity index (χ0n) is 11.1. The minimum absolute atomic E-state index is 0.102. The molecule has 0 radical (unpaired) electrons. The summed E-state index contributed by atoms with van der Waals surface area (Å²) in [5.74, 6) is -0.868. The van der Waals surface area contributed by atoms with Crippen LogP contribution in [0.15, 0.2) is 18.3 Å². The Morgan fingerprint density at radius 3 is 2.53 bits per heavy atom. The minimum Gasteiger partial charge on any atom is -0.338 e. The van der Waals surface area contributed by atoms with Crippen LogP contribution in [-0.4, -0.2) is 28.9 Å². The van der Waals surface area contributed by atoms with Crippen LogP contribution in [0.5, 0.6) is 0 Å². The molecule has 19 heavy (non-hydrogen) atoms. The molecule has 0 bridgehead atoms. The predicted octanol–water partition coefficient (Wildman–Crippen LogP) is 3.02. The molecule has 1 aromatic heterocycles. The number of carbonyl (C=O) groups excluding carboxylic acids is 1. The summed E-state index contributed by atoms with van der Waals surface area (Å²) in [5, 5.41) is 0. The molecular formula is C15H19FN2O. The van der Waals surface area contributed by atoms with Crippen molar-refractivity contribution in [2.75, 3.05) is 13.1 Å². The van der Waals surface area contributed by atoms with Crippen LogP contribution < -0.4 is 0 Å². The number of pyridine rings is 1. The van der Waals surface area contributed by atoms with Gasteiger partial charge in [0.25, 0.3) is 5.91 Å². The molecule has 102 valence electrons. The molecule has 0 unspecified atom stereocenters. The van der Waals surface area contributed by atoms with Crippen LogP contribution in [-0.2, 0) is 0 Å². The largest absolute Gasteiger partial charge is 0.338 e. The van der Waals surface area contributed by atoms with Crippen LogP contribution in [0.25, 0.3) is 0 Å². The van der Waals surface area contributed by atoms with Crippen LogP contribution >= 0.6 is 0 Å². The Morgan fingerprint density at radius 1 is 1.21 bits per heavy atom. The van der Waals surface area contributed by atoms with Gasteiger partial charge in [-0.2, -0.15) is 4.39 Å². The number of nitrogens with zero attached hydrogens (tertiary/aromatic N) is 2. The summed E-state index contributed by atoms with van der Waals surface area (Å²) < 4.78 is 13.5.